The summed E-state index contributed by atoms with van der Waals surface area (Å²) in [7, 11) is 0. The molecule has 0 aromatic rings. The van der Waals surface area contributed by atoms with Crippen molar-refractivity contribution < 1.29 is 22.7 Å². The number of alkyl halides is 3. The van der Waals surface area contributed by atoms with Gasteiger partial charge in [-0.3, -0.25) is 4.84 Å². The van der Waals surface area contributed by atoms with Crippen LogP contribution in [-0.4, -0.2) is 25.4 Å². The Balaban J connectivity index is 2.01. The molecular formula is C8H12F3NO2. The van der Waals surface area contributed by atoms with E-state index in [1.54, 1.807) is 6.26 Å². The highest BCUT2D eigenvalue weighted by molar-refractivity contribution is 4.82. The lowest BCUT2D eigenvalue weighted by atomic mass is 10.2. The van der Waals surface area contributed by atoms with E-state index in [1.807, 2.05) is 6.08 Å². The topological polar surface area (TPSA) is 30.5 Å². The summed E-state index contributed by atoms with van der Waals surface area (Å²) in [6.45, 7) is -1.02. The number of halogens is 3. The number of hydroxylamine groups is 1. The van der Waals surface area contributed by atoms with E-state index >= 15 is 0 Å². The van der Waals surface area contributed by atoms with Crippen LogP contribution in [0.5, 0.6) is 0 Å². The molecule has 0 radical (unpaired) electrons. The maximum absolute atomic E-state index is 11.6. The summed E-state index contributed by atoms with van der Waals surface area (Å²) in [5, 5.41) is 0. The first kappa shape index (κ1) is 11.3. The molecule has 0 fully saturated rings. The quantitative estimate of drug-likeness (QED) is 0.567. The summed E-state index contributed by atoms with van der Waals surface area (Å²) in [5.41, 5.74) is 2.23. The number of rotatable bonds is 4. The molecule has 14 heavy (non-hydrogen) atoms. The van der Waals surface area contributed by atoms with Crippen molar-refractivity contribution in [2.75, 3.05) is 13.2 Å². The molecule has 0 amide bonds. The highest BCUT2D eigenvalue weighted by atomic mass is 19.4. The third-order valence-corrected chi connectivity index (χ3v) is 1.67. The second-order valence-electron chi connectivity index (χ2n) is 2.96. The summed E-state index contributed by atoms with van der Waals surface area (Å²) in [4.78, 5) is 4.22. The zero-order chi connectivity index (χ0) is 10.4. The summed E-state index contributed by atoms with van der Waals surface area (Å²) in [5.74, 6) is 0. The van der Waals surface area contributed by atoms with Crippen molar-refractivity contribution in [3.05, 3.63) is 12.3 Å². The van der Waals surface area contributed by atoms with E-state index in [0.717, 1.165) is 12.8 Å². The van der Waals surface area contributed by atoms with Crippen molar-refractivity contribution in [2.45, 2.75) is 25.1 Å². The van der Waals surface area contributed by atoms with E-state index in [0.29, 0.717) is 0 Å². The summed E-state index contributed by atoms with van der Waals surface area (Å²) >= 11 is 0. The molecule has 1 heterocycles. The summed E-state index contributed by atoms with van der Waals surface area (Å²) in [6.07, 6.45) is 0.700. The van der Waals surface area contributed by atoms with Gasteiger partial charge in [-0.25, -0.2) is 0 Å². The van der Waals surface area contributed by atoms with Gasteiger partial charge in [0.05, 0.1) is 12.8 Å². The van der Waals surface area contributed by atoms with Crippen molar-refractivity contribution in [1.29, 1.82) is 0 Å². The van der Waals surface area contributed by atoms with Crippen LogP contribution in [0.25, 0.3) is 0 Å². The van der Waals surface area contributed by atoms with E-state index in [9.17, 15) is 13.2 Å². The van der Waals surface area contributed by atoms with Crippen LogP contribution in [0.1, 0.15) is 12.8 Å². The summed E-state index contributed by atoms with van der Waals surface area (Å²) < 4.78 is 39.9. The molecule has 0 saturated heterocycles. The lowest BCUT2D eigenvalue weighted by Crippen LogP contribution is -2.32. The molecule has 6 heteroatoms. The van der Waals surface area contributed by atoms with Crippen molar-refractivity contribution in [3.63, 3.8) is 0 Å². The lowest BCUT2D eigenvalue weighted by Gasteiger charge is -2.19. The van der Waals surface area contributed by atoms with Crippen molar-refractivity contribution in [3.8, 4) is 0 Å². The van der Waals surface area contributed by atoms with Gasteiger partial charge in [0.2, 0.25) is 0 Å². The number of hydrogen-bond acceptors (Lipinski definition) is 3. The van der Waals surface area contributed by atoms with E-state index < -0.39 is 12.8 Å². The number of nitrogens with one attached hydrogen (secondary N) is 1. The Labute approximate surface area is 79.8 Å². The lowest BCUT2D eigenvalue weighted by molar-refractivity contribution is -0.191. The predicted molar refractivity (Wildman–Crippen MR) is 43.3 cm³/mol. The summed E-state index contributed by atoms with van der Waals surface area (Å²) in [6, 6.07) is 0. The Kier molecular flexibility index (Phi) is 4.21. The molecule has 0 saturated carbocycles. The van der Waals surface area contributed by atoms with Crippen LogP contribution in [0, 0.1) is 0 Å². The first-order chi connectivity index (χ1) is 6.58. The Morgan fingerprint density at radius 2 is 2.29 bits per heavy atom. The van der Waals surface area contributed by atoms with Crippen LogP contribution in [-0.2, 0) is 9.57 Å². The van der Waals surface area contributed by atoms with Crippen LogP contribution < -0.4 is 5.48 Å². The predicted octanol–water partition coefficient (Wildman–Crippen LogP) is 1.76. The maximum Gasteiger partial charge on any atom is 0.413 e. The molecule has 0 bridgehead atoms. The SMILES string of the molecule is FC(F)(F)CONCC1CCC=CO1. The fourth-order valence-electron chi connectivity index (χ4n) is 1.02. The standard InChI is InChI=1S/C8H12F3NO2/c9-8(10,11)6-14-12-5-7-3-1-2-4-13-7/h2,4,7,12H,1,3,5-6H2. The molecule has 0 aromatic carbocycles. The fourth-order valence-corrected chi connectivity index (χ4v) is 1.02. The van der Waals surface area contributed by atoms with Crippen molar-refractivity contribution in [2.24, 2.45) is 0 Å². The second-order valence-corrected chi connectivity index (χ2v) is 2.96. The minimum atomic E-state index is -4.29. The minimum Gasteiger partial charge on any atom is -0.497 e. The molecule has 1 aliphatic heterocycles. The van der Waals surface area contributed by atoms with E-state index in [4.69, 9.17) is 4.74 Å². The Morgan fingerprint density at radius 3 is 2.86 bits per heavy atom. The third kappa shape index (κ3) is 5.08. The number of allylic oxidation sites excluding steroid dienone is 1. The molecule has 0 spiro atoms. The molecule has 1 N–H and O–H groups in total. The van der Waals surface area contributed by atoms with E-state index in [2.05, 4.69) is 10.3 Å². The van der Waals surface area contributed by atoms with Gasteiger partial charge in [-0.2, -0.15) is 18.7 Å². The van der Waals surface area contributed by atoms with Crippen molar-refractivity contribution >= 4 is 0 Å². The molecular weight excluding hydrogens is 199 g/mol. The van der Waals surface area contributed by atoms with E-state index in [-0.39, 0.29) is 12.6 Å². The molecule has 1 unspecified atom stereocenters. The maximum atomic E-state index is 11.6. The first-order valence-electron chi connectivity index (χ1n) is 4.30. The Morgan fingerprint density at radius 1 is 1.50 bits per heavy atom. The molecule has 1 rings (SSSR count). The van der Waals surface area contributed by atoms with Crippen LogP contribution >= 0.6 is 0 Å². The van der Waals surface area contributed by atoms with Gasteiger partial charge in [-0.1, -0.05) is 0 Å². The average molecular weight is 211 g/mol. The van der Waals surface area contributed by atoms with Gasteiger partial charge in [0.1, 0.15) is 6.10 Å². The number of hydrogen-bond donors (Lipinski definition) is 1. The van der Waals surface area contributed by atoms with Gasteiger partial charge in [-0.15, -0.1) is 0 Å². The highest BCUT2D eigenvalue weighted by Crippen LogP contribution is 2.14. The van der Waals surface area contributed by atoms with E-state index in [1.165, 1.54) is 0 Å². The first-order valence-corrected chi connectivity index (χ1v) is 4.30. The smallest absolute Gasteiger partial charge is 0.413 e. The number of ether oxygens (including phenoxy) is 1. The zero-order valence-electron chi connectivity index (χ0n) is 7.51. The largest absolute Gasteiger partial charge is 0.497 e. The van der Waals surface area contributed by atoms with Gasteiger partial charge >= 0.3 is 6.18 Å². The highest BCUT2D eigenvalue weighted by Gasteiger charge is 2.27. The molecule has 1 atom stereocenters. The molecule has 1 aliphatic rings. The Hall–Kier alpha value is -0.750. The molecule has 0 aliphatic carbocycles. The minimum absolute atomic E-state index is 0.103. The van der Waals surface area contributed by atoms with Crippen LogP contribution in [0.15, 0.2) is 12.3 Å². The fraction of sp³-hybridized carbons (Fsp3) is 0.750. The van der Waals surface area contributed by atoms with Gasteiger partial charge < -0.3 is 4.74 Å². The molecule has 82 valence electrons. The zero-order valence-corrected chi connectivity index (χ0v) is 7.51. The average Bonchev–Trinajstić information content (AvgIpc) is 2.13. The van der Waals surface area contributed by atoms with Gasteiger partial charge in [0, 0.05) is 0 Å². The van der Waals surface area contributed by atoms with Gasteiger partial charge in [-0.05, 0) is 18.9 Å². The van der Waals surface area contributed by atoms with Crippen LogP contribution in [0.4, 0.5) is 13.2 Å². The van der Waals surface area contributed by atoms with Crippen molar-refractivity contribution in [1.82, 2.24) is 5.48 Å². The Bertz CT molecular complexity index is 194. The normalized spacial score (nSPS) is 22.1. The molecule has 0 aromatic heterocycles. The van der Waals surface area contributed by atoms with Crippen LogP contribution in [0.2, 0.25) is 0 Å². The third-order valence-electron chi connectivity index (χ3n) is 1.67. The van der Waals surface area contributed by atoms with Crippen LogP contribution in [0.3, 0.4) is 0 Å². The monoisotopic (exact) mass is 211 g/mol. The second kappa shape index (κ2) is 5.21. The molecule has 3 nitrogen and oxygen atoms in total. The van der Waals surface area contributed by atoms with Gasteiger partial charge in [0.25, 0.3) is 0 Å². The van der Waals surface area contributed by atoms with Gasteiger partial charge in [0.15, 0.2) is 6.61 Å².